The molecule has 0 aliphatic carbocycles. The fourth-order valence-corrected chi connectivity index (χ4v) is 5.44. The van der Waals surface area contributed by atoms with Gasteiger partial charge in [0.25, 0.3) is 10.0 Å². The van der Waals surface area contributed by atoms with Crippen molar-refractivity contribution in [3.05, 3.63) is 103 Å². The van der Waals surface area contributed by atoms with Crippen molar-refractivity contribution in [2.45, 2.75) is 4.90 Å². The summed E-state index contributed by atoms with van der Waals surface area (Å²) >= 11 is 0. The van der Waals surface area contributed by atoms with Crippen LogP contribution in [0.4, 0.5) is 20.4 Å². The number of ether oxygens (including phenoxy) is 1. The largest absolute Gasteiger partial charge is 0.495 e. The summed E-state index contributed by atoms with van der Waals surface area (Å²) in [6, 6.07) is 15.2. The van der Waals surface area contributed by atoms with Crippen LogP contribution in [-0.2, 0) is 10.0 Å². The summed E-state index contributed by atoms with van der Waals surface area (Å²) in [4.78, 5) is 12.2. The second kappa shape index (κ2) is 9.84. The minimum atomic E-state index is -4.37. The molecule has 0 spiro atoms. The first-order valence-electron chi connectivity index (χ1n) is 11.1. The molecule has 0 saturated carbocycles. The Hall–Kier alpha value is -4.95. The first-order valence-corrected chi connectivity index (χ1v) is 12.5. The third-order valence-electron chi connectivity index (χ3n) is 5.72. The van der Waals surface area contributed by atoms with E-state index >= 15 is 0 Å². The normalized spacial score (nSPS) is 11.2. The van der Waals surface area contributed by atoms with Crippen LogP contribution >= 0.6 is 0 Å². The van der Waals surface area contributed by atoms with Crippen molar-refractivity contribution in [2.75, 3.05) is 11.4 Å². The number of sulfonamides is 1. The molecule has 0 aliphatic rings. The number of anilines is 2. The van der Waals surface area contributed by atoms with Gasteiger partial charge < -0.3 is 4.74 Å². The van der Waals surface area contributed by atoms with Crippen molar-refractivity contribution in [2.24, 2.45) is 0 Å². The van der Waals surface area contributed by atoms with Crippen LogP contribution in [0.2, 0.25) is 0 Å². The monoisotopic (exact) mass is 529 g/mol. The Balaban J connectivity index is 1.76. The topological polar surface area (TPSA) is 109 Å². The first kappa shape index (κ1) is 24.7. The number of methoxy groups -OCH3 is 1. The number of pyridine rings is 1. The van der Waals surface area contributed by atoms with Gasteiger partial charge in [0.05, 0.1) is 23.6 Å². The van der Waals surface area contributed by atoms with Gasteiger partial charge in [-0.2, -0.15) is 9.57 Å². The average molecular weight is 530 g/mol. The second-order valence-corrected chi connectivity index (χ2v) is 9.83. The highest BCUT2D eigenvalue weighted by Crippen LogP contribution is 2.41. The van der Waals surface area contributed by atoms with Crippen molar-refractivity contribution in [3.63, 3.8) is 0 Å². The van der Waals surface area contributed by atoms with E-state index in [1.165, 1.54) is 49.8 Å². The highest BCUT2D eigenvalue weighted by atomic mass is 32.2. The first-order chi connectivity index (χ1) is 18.3. The Morgan fingerprint density at radius 1 is 0.921 bits per heavy atom. The molecule has 0 bridgehead atoms. The quantitative estimate of drug-likeness (QED) is 0.291. The number of benzene rings is 3. The molecular weight excluding hydrogens is 512 g/mol. The van der Waals surface area contributed by atoms with Gasteiger partial charge in [-0.15, -0.1) is 0 Å². The maximum atomic E-state index is 14.1. The third kappa shape index (κ3) is 4.49. The molecule has 2 aromatic heterocycles. The molecule has 0 unspecified atom stereocenters. The fourth-order valence-electron chi connectivity index (χ4n) is 4.00. The van der Waals surface area contributed by atoms with Crippen LogP contribution in [0, 0.1) is 23.0 Å². The number of aromatic nitrogens is 3. The zero-order valence-corrected chi connectivity index (χ0v) is 20.5. The number of fused-ring (bicyclic) bond motifs is 1. The summed E-state index contributed by atoms with van der Waals surface area (Å²) in [6.45, 7) is 0. The van der Waals surface area contributed by atoms with Crippen LogP contribution in [0.3, 0.4) is 0 Å². The molecule has 3 aromatic carbocycles. The lowest BCUT2D eigenvalue weighted by atomic mass is 9.98. The summed E-state index contributed by atoms with van der Waals surface area (Å²) in [6.07, 6.45) is 5.91. The van der Waals surface area contributed by atoms with Gasteiger partial charge in [-0.3, -0.25) is 4.98 Å². The molecule has 0 radical (unpaired) electrons. The van der Waals surface area contributed by atoms with Crippen molar-refractivity contribution >= 4 is 32.4 Å². The summed E-state index contributed by atoms with van der Waals surface area (Å²) in [5, 5.41) is 11.3. The van der Waals surface area contributed by atoms with Gasteiger partial charge in [-0.05, 0) is 59.5 Å². The average Bonchev–Trinajstić information content (AvgIpc) is 2.92. The van der Waals surface area contributed by atoms with Crippen molar-refractivity contribution in [1.29, 1.82) is 5.26 Å². The van der Waals surface area contributed by atoms with E-state index in [1.54, 1.807) is 24.5 Å². The lowest BCUT2D eigenvalue weighted by molar-refractivity contribution is 0.416. The number of hydrogen-bond donors (Lipinski definition) is 0. The van der Waals surface area contributed by atoms with E-state index in [0.29, 0.717) is 11.5 Å². The summed E-state index contributed by atoms with van der Waals surface area (Å²) in [5.41, 5.74) is 0.116. The Morgan fingerprint density at radius 3 is 2.34 bits per heavy atom. The summed E-state index contributed by atoms with van der Waals surface area (Å²) < 4.78 is 62.4. The van der Waals surface area contributed by atoms with E-state index in [-0.39, 0.29) is 39.0 Å². The maximum absolute atomic E-state index is 14.1. The molecule has 38 heavy (non-hydrogen) atoms. The molecule has 0 saturated heterocycles. The van der Waals surface area contributed by atoms with Crippen molar-refractivity contribution in [3.8, 4) is 22.9 Å². The third-order valence-corrected chi connectivity index (χ3v) is 7.41. The van der Waals surface area contributed by atoms with Crippen molar-refractivity contribution < 1.29 is 21.9 Å². The summed E-state index contributed by atoms with van der Waals surface area (Å²) in [5.74, 6) is -1.86. The van der Waals surface area contributed by atoms with Gasteiger partial charge in [0.15, 0.2) is 0 Å². The highest BCUT2D eigenvalue weighted by Gasteiger charge is 2.32. The molecule has 0 aliphatic heterocycles. The number of rotatable bonds is 6. The minimum Gasteiger partial charge on any atom is -0.495 e. The maximum Gasteiger partial charge on any atom is 0.271 e. The molecule has 5 aromatic rings. The van der Waals surface area contributed by atoms with E-state index in [4.69, 9.17) is 4.74 Å². The van der Waals surface area contributed by atoms with E-state index in [0.717, 1.165) is 21.8 Å². The molecule has 0 amide bonds. The number of hydrogen-bond acceptors (Lipinski definition) is 7. The molecule has 11 heteroatoms. The Morgan fingerprint density at radius 2 is 1.66 bits per heavy atom. The van der Waals surface area contributed by atoms with Gasteiger partial charge in [0, 0.05) is 41.8 Å². The lowest BCUT2D eigenvalue weighted by Crippen LogP contribution is -2.28. The van der Waals surface area contributed by atoms with Crippen molar-refractivity contribution in [1.82, 2.24) is 15.0 Å². The predicted octanol–water partition coefficient (Wildman–Crippen LogP) is 5.38. The fraction of sp³-hybridized carbons (Fsp3) is 0.0370. The standard InChI is InChI=1S/C27H17F2N5O3S/c1-37-26-14-24(19-9-21(28)13-22(29)10-19)20(15-30)12-25(26)34(27-32-6-2-7-33-27)38(35,36)23-4-3-18-16-31-8-5-17(18)11-23/h2-14,16H,1H3. The smallest absolute Gasteiger partial charge is 0.271 e. The van der Waals surface area contributed by atoms with E-state index in [2.05, 4.69) is 15.0 Å². The van der Waals surface area contributed by atoms with E-state index < -0.39 is 21.7 Å². The van der Waals surface area contributed by atoms with Crippen LogP contribution in [0.1, 0.15) is 5.56 Å². The molecular formula is C27H17F2N5O3S. The lowest BCUT2D eigenvalue weighted by Gasteiger charge is -2.25. The Bertz CT molecular complexity index is 1810. The number of halogens is 2. The minimum absolute atomic E-state index is 0.00434. The molecule has 0 atom stereocenters. The highest BCUT2D eigenvalue weighted by molar-refractivity contribution is 7.93. The molecule has 5 rings (SSSR count). The van der Waals surface area contributed by atoms with E-state index in [1.807, 2.05) is 6.07 Å². The number of nitrogens with zero attached hydrogens (tertiary/aromatic N) is 5. The second-order valence-electron chi connectivity index (χ2n) is 8.04. The van der Waals surface area contributed by atoms with Crippen LogP contribution in [0.15, 0.2) is 90.3 Å². The zero-order valence-electron chi connectivity index (χ0n) is 19.7. The van der Waals surface area contributed by atoms with Crippen LogP contribution < -0.4 is 9.04 Å². The van der Waals surface area contributed by atoms with Crippen LogP contribution in [0.25, 0.3) is 21.9 Å². The van der Waals surface area contributed by atoms with Crippen LogP contribution in [-0.4, -0.2) is 30.5 Å². The van der Waals surface area contributed by atoms with Crippen LogP contribution in [0.5, 0.6) is 5.75 Å². The predicted molar refractivity (Wildman–Crippen MR) is 136 cm³/mol. The van der Waals surface area contributed by atoms with Gasteiger partial charge in [-0.1, -0.05) is 6.07 Å². The van der Waals surface area contributed by atoms with Gasteiger partial charge >= 0.3 is 0 Å². The SMILES string of the molecule is COc1cc(-c2cc(F)cc(F)c2)c(C#N)cc1N(c1ncccn1)S(=O)(=O)c1ccc2cnccc2c1. The molecule has 188 valence electrons. The van der Waals surface area contributed by atoms with Gasteiger partial charge in [-0.25, -0.2) is 27.2 Å². The van der Waals surface area contributed by atoms with E-state index in [9.17, 15) is 22.5 Å². The molecule has 0 fully saturated rings. The van der Waals surface area contributed by atoms with Gasteiger partial charge in [0.1, 0.15) is 23.1 Å². The Labute approximate surface area is 216 Å². The zero-order chi connectivity index (χ0) is 26.9. The molecule has 0 N–H and O–H groups in total. The molecule has 2 heterocycles. The molecule has 8 nitrogen and oxygen atoms in total. The summed E-state index contributed by atoms with van der Waals surface area (Å²) in [7, 11) is -3.06. The number of nitriles is 1. The Kier molecular flexibility index (Phi) is 6.40. The van der Waals surface area contributed by atoms with Gasteiger partial charge in [0.2, 0.25) is 5.95 Å².